The number of anilines is 2. The van der Waals surface area contributed by atoms with Crippen LogP contribution < -0.4 is 26.4 Å². The molecule has 0 atom stereocenters. The van der Waals surface area contributed by atoms with E-state index in [9.17, 15) is 24.3 Å². The molecular weight excluding hydrogens is 1310 g/mol. The number of ether oxygens (including phenoxy) is 1. The van der Waals surface area contributed by atoms with Gasteiger partial charge in [0.25, 0.3) is 11.8 Å². The van der Waals surface area contributed by atoms with Gasteiger partial charge >= 0.3 is 11.6 Å². The average molecular weight is 1430 g/mol. The molecule has 9 aromatic rings. The third kappa shape index (κ3) is 28.1. The molecule has 0 saturated heterocycles. The Morgan fingerprint density at radius 2 is 0.923 bits per heavy atom. The van der Waals surface area contributed by atoms with E-state index in [1.54, 1.807) is 37.4 Å². The number of Topliss-reactive ketones (excluding diaryl/α,β-unsaturated/α-hetero) is 1. The van der Waals surface area contributed by atoms with E-state index in [-0.39, 0.29) is 67.7 Å². The molecule has 10 rings (SSSR count). The number of nitrogens with one attached hydrogen (secondary N) is 1. The van der Waals surface area contributed by atoms with E-state index in [2.05, 4.69) is 247 Å². The second kappa shape index (κ2) is 38.2. The first-order valence-electron chi connectivity index (χ1n) is 35.2. The number of fused-ring (bicyclic) bond motifs is 2. The van der Waals surface area contributed by atoms with Crippen LogP contribution in [-0.4, -0.2) is 58.2 Å². The Morgan fingerprint density at radius 3 is 1.35 bits per heavy atom. The van der Waals surface area contributed by atoms with Gasteiger partial charge in [-0.15, -0.1) is 0 Å². The smallest absolute Gasteiger partial charge is 0.335 e. The van der Waals surface area contributed by atoms with E-state index in [4.69, 9.17) is 24.6 Å². The van der Waals surface area contributed by atoms with E-state index < -0.39 is 17.5 Å². The highest BCUT2D eigenvalue weighted by Crippen LogP contribution is 2.39. The van der Waals surface area contributed by atoms with E-state index in [0.717, 1.165) is 44.5 Å². The van der Waals surface area contributed by atoms with Crippen LogP contribution in [-0.2, 0) is 55.9 Å². The number of carbonyl (C=O) groups is 4. The molecule has 9 aromatic carbocycles. The number of ketones is 1. The molecule has 13 heteroatoms. The summed E-state index contributed by atoms with van der Waals surface area (Å²) < 4.78 is 21.8. The fourth-order valence-electron chi connectivity index (χ4n) is 10.6. The van der Waals surface area contributed by atoms with Gasteiger partial charge in [-0.25, -0.2) is 0 Å². The average Bonchev–Trinajstić information content (AvgIpc) is 0.985. The molecule has 0 bridgehead atoms. The van der Waals surface area contributed by atoms with Gasteiger partial charge < -0.3 is 26.2 Å². The topological polar surface area (TPSA) is 199 Å². The minimum atomic E-state index is -0.750. The first-order valence-corrected chi connectivity index (χ1v) is 35.8. The molecule has 0 aliphatic carbocycles. The molecule has 1 aliphatic rings. The quantitative estimate of drug-likeness (QED) is 0.0676. The standard InChI is InChI=1S/C22H22O2.C12H13NO2.C12H17NO2.C12H19N.C12H16.C11H16.C10H15N.O2S/c1-22(2,3)18-14-16-11-7-8-12-17(16)20(21(18)24)19(23)13-15-9-5-4-6-10-15;1-12(2,3)7-4-5-8-9(6-7)11(15)13-10(8)14;1-12(2,3)9-7-8(11(13)14)5-6-10(9)15-4;1-12(2,3)10-6-8-11(9-7-10)13(4)5;1-5-10-6-8-11(9-7-10)12(2,3)4;1-9-5-7-10(8-6-9)11(2,3)4;1-10(2,3)8-4-6-9(11)7-5-8;1-3-2/h4-12,14,24H,13H2,1-3H3;4-6H,1-3H3,(H,13,14,15);5-7H,1-4H3,(H2,13,14);6-9H,1-5H3;5-9H,1H2,2-4H3;5-8H,1-4H3;4-7H,11H2,1-3H3;. The van der Waals surface area contributed by atoms with Gasteiger partial charge in [-0.3, -0.25) is 24.5 Å². The number of carbonyl (C=O) groups excluding carboxylic acids is 4. The van der Waals surface area contributed by atoms with Crippen LogP contribution in [0.25, 0.3) is 16.8 Å². The van der Waals surface area contributed by atoms with Crippen molar-refractivity contribution < 1.29 is 37.4 Å². The van der Waals surface area contributed by atoms with Gasteiger partial charge in [0, 0.05) is 48.6 Å². The van der Waals surface area contributed by atoms with E-state index >= 15 is 0 Å². The van der Waals surface area contributed by atoms with Crippen LogP contribution in [0, 0.1) is 6.92 Å². The number of phenols is 1. The number of phenolic OH excluding ortho intramolecular Hbond substituents is 1. The number of aryl methyl sites for hydroxylation is 1. The van der Waals surface area contributed by atoms with Crippen LogP contribution >= 0.6 is 0 Å². The van der Waals surface area contributed by atoms with Gasteiger partial charge in [0.1, 0.15) is 11.5 Å². The van der Waals surface area contributed by atoms with Gasteiger partial charge in [-0.05, 0) is 155 Å². The Bertz CT molecular complexity index is 4260. The number of nitrogens with zero attached hydrogens (tertiary/aromatic N) is 1. The van der Waals surface area contributed by atoms with Crippen molar-refractivity contribution >= 4 is 63.3 Å². The maximum atomic E-state index is 13.0. The number of benzene rings is 9. The van der Waals surface area contributed by atoms with Crippen molar-refractivity contribution in [3.63, 3.8) is 0 Å². The number of primary amides is 1. The lowest BCUT2D eigenvalue weighted by molar-refractivity contribution is 0.0877. The molecule has 12 nitrogen and oxygen atoms in total. The summed E-state index contributed by atoms with van der Waals surface area (Å²) in [4.78, 5) is 48.9. The first kappa shape index (κ1) is 88.5. The number of rotatable bonds is 7. The molecule has 3 amide bonds. The minimum absolute atomic E-state index is 0.0129. The van der Waals surface area contributed by atoms with Gasteiger partial charge in [-0.2, -0.15) is 8.42 Å². The van der Waals surface area contributed by atoms with Crippen LogP contribution in [0.4, 0.5) is 11.4 Å². The Morgan fingerprint density at radius 1 is 0.510 bits per heavy atom. The zero-order valence-corrected chi connectivity index (χ0v) is 67.6. The summed E-state index contributed by atoms with van der Waals surface area (Å²) in [6, 6.07) is 64.1. The molecule has 0 radical (unpaired) electrons. The summed E-state index contributed by atoms with van der Waals surface area (Å²) >= 11 is -0.750. The largest absolute Gasteiger partial charge is 0.507 e. The van der Waals surface area contributed by atoms with Gasteiger partial charge in [0.2, 0.25) is 5.91 Å². The zero-order chi connectivity index (χ0) is 79.1. The van der Waals surface area contributed by atoms with Crippen molar-refractivity contribution in [1.82, 2.24) is 5.32 Å². The van der Waals surface area contributed by atoms with Crippen LogP contribution in [0.15, 0.2) is 201 Å². The van der Waals surface area contributed by atoms with Crippen molar-refractivity contribution in [2.45, 2.75) is 197 Å². The monoisotopic (exact) mass is 1430 g/mol. The number of nitrogens with two attached hydrogens (primary N) is 2. The highest BCUT2D eigenvalue weighted by Gasteiger charge is 2.29. The SMILES string of the molecule is C=Cc1ccc(C(C)(C)C)cc1.CC(C)(C)c1cc2ccccc2c(C(=O)Cc2ccccc2)c1O.CC(C)(C)c1ccc(N)cc1.CC(C)(C)c1ccc2c(c1)C(=O)NC2=O.CN(C)c1ccc(C(C)(C)C)cc1.COc1ccc(C(N)=O)cc1C(C)(C)C.Cc1ccc(C(C)(C)C)cc1.O=S=O. The van der Waals surface area contributed by atoms with E-state index in [1.807, 2.05) is 106 Å². The number of aromatic hydroxyl groups is 1. The predicted molar refractivity (Wildman–Crippen MR) is 439 cm³/mol. The van der Waals surface area contributed by atoms with Crippen LogP contribution in [0.3, 0.4) is 0 Å². The van der Waals surface area contributed by atoms with E-state index in [1.165, 1.54) is 39.1 Å². The van der Waals surface area contributed by atoms with Crippen LogP contribution in [0.2, 0.25) is 0 Å². The lowest BCUT2D eigenvalue weighted by Gasteiger charge is -2.23. The fraction of sp³-hybridized carbons (Fsp3) is 0.363. The first-order chi connectivity index (χ1) is 48.0. The summed E-state index contributed by atoms with van der Waals surface area (Å²) in [5.41, 5.74) is 27.3. The highest BCUT2D eigenvalue weighted by atomic mass is 32.1. The van der Waals surface area contributed by atoms with Gasteiger partial charge in [-0.1, -0.05) is 297 Å². The molecule has 0 aromatic heterocycles. The number of imide groups is 1. The van der Waals surface area contributed by atoms with Crippen molar-refractivity contribution in [2.75, 3.05) is 31.8 Å². The summed E-state index contributed by atoms with van der Waals surface area (Å²) in [7, 11) is 5.74. The van der Waals surface area contributed by atoms with Gasteiger partial charge in [0.05, 0.1) is 23.8 Å². The normalized spacial score (nSPS) is 11.8. The summed E-state index contributed by atoms with van der Waals surface area (Å²) in [5, 5.41) is 14.9. The summed E-state index contributed by atoms with van der Waals surface area (Å²) in [6.07, 6.45) is 2.15. The molecule has 0 fully saturated rings. The van der Waals surface area contributed by atoms with Gasteiger partial charge in [0.15, 0.2) is 5.78 Å². The number of methoxy groups -OCH3 is 1. The Balaban J connectivity index is 0.000000319. The lowest BCUT2D eigenvalue weighted by Crippen LogP contribution is -2.20. The molecule has 556 valence electrons. The second-order valence-corrected chi connectivity index (χ2v) is 33.5. The fourth-order valence-corrected chi connectivity index (χ4v) is 10.6. The van der Waals surface area contributed by atoms with Crippen LogP contribution in [0.1, 0.15) is 242 Å². The Labute approximate surface area is 626 Å². The van der Waals surface area contributed by atoms with Crippen molar-refractivity contribution in [3.05, 3.63) is 279 Å². The molecule has 0 unspecified atom stereocenters. The van der Waals surface area contributed by atoms with Crippen molar-refractivity contribution in [3.8, 4) is 11.5 Å². The maximum absolute atomic E-state index is 13.0. The number of nitrogen functional groups attached to an aromatic ring is 1. The van der Waals surface area contributed by atoms with Crippen molar-refractivity contribution in [2.24, 2.45) is 5.73 Å². The number of amides is 3. The third-order valence-electron chi connectivity index (χ3n) is 17.2. The zero-order valence-electron chi connectivity index (χ0n) is 66.8. The molecular formula is C91H118N4O8S. The van der Waals surface area contributed by atoms with E-state index in [0.29, 0.717) is 22.3 Å². The summed E-state index contributed by atoms with van der Waals surface area (Å²) in [5.74, 6) is -0.157. The third-order valence-corrected chi connectivity index (χ3v) is 17.2. The number of hydrogen-bond acceptors (Lipinski definition) is 10. The molecule has 6 N–H and O–H groups in total. The number of hydrogen-bond donors (Lipinski definition) is 4. The van der Waals surface area contributed by atoms with Crippen LogP contribution in [0.5, 0.6) is 11.5 Å². The molecule has 104 heavy (non-hydrogen) atoms. The Kier molecular flexibility index (Phi) is 32.5. The molecule has 1 aliphatic heterocycles. The maximum Gasteiger partial charge on any atom is 0.335 e. The lowest BCUT2D eigenvalue weighted by atomic mass is 9.82. The second-order valence-electron chi connectivity index (χ2n) is 33.4. The molecule has 1 heterocycles. The Hall–Kier alpha value is -9.72. The summed E-state index contributed by atoms with van der Waals surface area (Å²) in [6.45, 7) is 51.0. The highest BCUT2D eigenvalue weighted by molar-refractivity contribution is 7.51. The molecule has 0 spiro atoms. The molecule has 0 saturated carbocycles. The predicted octanol–water partition coefficient (Wildman–Crippen LogP) is 21.1. The minimum Gasteiger partial charge on any atom is -0.507 e. The van der Waals surface area contributed by atoms with Crippen molar-refractivity contribution in [1.29, 1.82) is 0 Å².